The highest BCUT2D eigenvalue weighted by atomic mass is 32.1. The van der Waals surface area contributed by atoms with Crippen molar-refractivity contribution in [2.24, 2.45) is 0 Å². The first-order chi connectivity index (χ1) is 11.8. The van der Waals surface area contributed by atoms with E-state index in [4.69, 9.17) is 9.72 Å². The second kappa shape index (κ2) is 5.67. The zero-order valence-corrected chi connectivity index (χ0v) is 14.6. The van der Waals surface area contributed by atoms with Crippen LogP contribution in [0.3, 0.4) is 0 Å². The maximum absolute atomic E-state index is 5.52. The summed E-state index contributed by atoms with van der Waals surface area (Å²) in [4.78, 5) is 10.7. The van der Waals surface area contributed by atoms with Crippen LogP contribution in [0.2, 0.25) is 0 Å². The van der Waals surface area contributed by atoms with Gasteiger partial charge in [-0.1, -0.05) is 11.3 Å². The van der Waals surface area contributed by atoms with Crippen LogP contribution in [0, 0.1) is 0 Å². The molecule has 0 atom stereocenters. The molecule has 0 amide bonds. The molecule has 0 aromatic carbocycles. The minimum atomic E-state index is 0.489. The molecule has 0 bridgehead atoms. The molecule has 2 aliphatic heterocycles. The molecule has 126 valence electrons. The Labute approximate surface area is 145 Å². The third-order valence-electron chi connectivity index (χ3n) is 5.19. The molecule has 2 fully saturated rings. The van der Waals surface area contributed by atoms with Gasteiger partial charge in [-0.2, -0.15) is 5.10 Å². The van der Waals surface area contributed by atoms with Crippen LogP contribution in [0.15, 0.2) is 12.1 Å². The first-order valence-electron chi connectivity index (χ1n) is 8.65. The van der Waals surface area contributed by atoms with E-state index < -0.39 is 0 Å². The Morgan fingerprint density at radius 3 is 2.83 bits per heavy atom. The van der Waals surface area contributed by atoms with Crippen molar-refractivity contribution in [3.05, 3.63) is 28.4 Å². The van der Waals surface area contributed by atoms with E-state index in [1.54, 1.807) is 11.3 Å². The number of rotatable bonds is 4. The summed E-state index contributed by atoms with van der Waals surface area (Å²) in [5.41, 5.74) is 2.38. The van der Waals surface area contributed by atoms with Gasteiger partial charge in [0.15, 0.2) is 10.9 Å². The summed E-state index contributed by atoms with van der Waals surface area (Å²) in [6.07, 6.45) is 3.49. The fourth-order valence-electron chi connectivity index (χ4n) is 3.31. The van der Waals surface area contributed by atoms with Gasteiger partial charge in [0.25, 0.3) is 0 Å². The molecule has 4 heterocycles. The quantitative estimate of drug-likeness (QED) is 0.848. The highest BCUT2D eigenvalue weighted by molar-refractivity contribution is 7.15. The minimum Gasteiger partial charge on any atom is -0.375 e. The zero-order chi connectivity index (χ0) is 16.1. The lowest BCUT2D eigenvalue weighted by atomic mass is 10.1. The van der Waals surface area contributed by atoms with Crippen molar-refractivity contribution in [3.8, 4) is 0 Å². The van der Waals surface area contributed by atoms with Crippen molar-refractivity contribution in [2.45, 2.75) is 37.8 Å². The maximum atomic E-state index is 5.52. The van der Waals surface area contributed by atoms with Gasteiger partial charge in [0.1, 0.15) is 0 Å². The van der Waals surface area contributed by atoms with E-state index in [9.17, 15) is 0 Å². The second-order valence-electron chi connectivity index (χ2n) is 6.93. The van der Waals surface area contributed by atoms with Gasteiger partial charge in [-0.3, -0.25) is 0 Å². The molecule has 0 spiro atoms. The molecule has 6 nitrogen and oxygen atoms in total. The van der Waals surface area contributed by atoms with Crippen molar-refractivity contribution >= 4 is 22.3 Å². The van der Waals surface area contributed by atoms with Crippen LogP contribution in [0.25, 0.3) is 0 Å². The molecular formula is C17H21N5OS. The van der Waals surface area contributed by atoms with Crippen LogP contribution in [0.5, 0.6) is 0 Å². The summed E-state index contributed by atoms with van der Waals surface area (Å²) in [5.74, 6) is 1.66. The van der Waals surface area contributed by atoms with Gasteiger partial charge >= 0.3 is 0 Å². The van der Waals surface area contributed by atoms with Crippen molar-refractivity contribution in [1.82, 2.24) is 15.2 Å². The molecule has 1 saturated heterocycles. The Balaban J connectivity index is 1.23. The normalized spacial score (nSPS) is 20.6. The van der Waals surface area contributed by atoms with Crippen molar-refractivity contribution in [1.29, 1.82) is 0 Å². The summed E-state index contributed by atoms with van der Waals surface area (Å²) in [7, 11) is 2.15. The Bertz CT molecular complexity index is 712. The van der Waals surface area contributed by atoms with Crippen molar-refractivity contribution < 1.29 is 4.74 Å². The van der Waals surface area contributed by atoms with Gasteiger partial charge in [-0.25, -0.2) is 4.98 Å². The van der Waals surface area contributed by atoms with Crippen LogP contribution in [-0.2, 0) is 17.8 Å². The number of ether oxygens (including phenoxy) is 1. The first-order valence-corrected chi connectivity index (χ1v) is 9.47. The van der Waals surface area contributed by atoms with Crippen LogP contribution in [0.1, 0.15) is 35.0 Å². The number of likely N-dealkylation sites (N-methyl/N-ethyl adjacent to an activating group) is 1. The van der Waals surface area contributed by atoms with Gasteiger partial charge in [0.2, 0.25) is 0 Å². The second-order valence-corrected chi connectivity index (χ2v) is 7.99. The lowest BCUT2D eigenvalue weighted by Gasteiger charge is -2.44. The molecule has 1 aliphatic carbocycles. The van der Waals surface area contributed by atoms with Crippen LogP contribution < -0.4 is 9.80 Å². The molecule has 3 aliphatic rings. The predicted molar refractivity (Wildman–Crippen MR) is 93.9 cm³/mol. The Morgan fingerprint density at radius 2 is 2.12 bits per heavy atom. The molecule has 24 heavy (non-hydrogen) atoms. The minimum absolute atomic E-state index is 0.489. The summed E-state index contributed by atoms with van der Waals surface area (Å²) < 4.78 is 5.52. The summed E-state index contributed by atoms with van der Waals surface area (Å²) in [6, 6.07) is 4.76. The van der Waals surface area contributed by atoms with Crippen LogP contribution in [0.4, 0.5) is 10.9 Å². The van der Waals surface area contributed by atoms with Gasteiger partial charge in [-0.15, -0.1) is 5.10 Å². The van der Waals surface area contributed by atoms with E-state index in [0.29, 0.717) is 12.0 Å². The third-order valence-corrected chi connectivity index (χ3v) is 6.35. The van der Waals surface area contributed by atoms with Gasteiger partial charge < -0.3 is 14.5 Å². The predicted octanol–water partition coefficient (Wildman–Crippen LogP) is 2.21. The lowest BCUT2D eigenvalue weighted by Crippen LogP contribution is -2.59. The van der Waals surface area contributed by atoms with Crippen LogP contribution >= 0.6 is 11.3 Å². The Kier molecular flexibility index (Phi) is 3.45. The molecule has 0 N–H and O–H groups in total. The first kappa shape index (κ1) is 14.6. The standard InChI is InChI=1S/C17H21N5OS/c1-21(17-18-14-6-7-23-10-15(14)24-17)12-8-22(9-12)16-5-4-13(19-20-16)11-2-3-11/h4-5,11-12H,2-3,6-10H2,1H3. The largest absolute Gasteiger partial charge is 0.375 e. The fourth-order valence-corrected chi connectivity index (χ4v) is 4.38. The number of hydrogen-bond acceptors (Lipinski definition) is 7. The number of anilines is 2. The smallest absolute Gasteiger partial charge is 0.185 e. The van der Waals surface area contributed by atoms with E-state index in [1.165, 1.54) is 23.4 Å². The van der Waals surface area contributed by atoms with E-state index in [0.717, 1.165) is 49.4 Å². The molecule has 2 aromatic rings. The molecule has 1 saturated carbocycles. The number of fused-ring (bicyclic) bond motifs is 1. The number of thiazole rings is 1. The van der Waals surface area contributed by atoms with Gasteiger partial charge in [0.05, 0.1) is 35.5 Å². The Morgan fingerprint density at radius 1 is 1.25 bits per heavy atom. The average molecular weight is 343 g/mol. The summed E-state index contributed by atoms with van der Waals surface area (Å²) in [5, 5.41) is 9.91. The summed E-state index contributed by atoms with van der Waals surface area (Å²) in [6.45, 7) is 3.48. The van der Waals surface area contributed by atoms with E-state index in [2.05, 4.69) is 39.2 Å². The van der Waals surface area contributed by atoms with Crippen LogP contribution in [-0.4, -0.2) is 48.0 Å². The molecular weight excluding hydrogens is 322 g/mol. The average Bonchev–Trinajstić information content (AvgIpc) is 3.32. The van der Waals surface area contributed by atoms with Crippen molar-refractivity contribution in [3.63, 3.8) is 0 Å². The van der Waals surface area contributed by atoms with Gasteiger partial charge in [-0.05, 0) is 25.0 Å². The SMILES string of the molecule is CN(c1nc2c(s1)COCC2)C1CN(c2ccc(C3CC3)nn2)C1. The highest BCUT2D eigenvalue weighted by Crippen LogP contribution is 2.39. The molecule has 0 unspecified atom stereocenters. The molecule has 2 aromatic heterocycles. The highest BCUT2D eigenvalue weighted by Gasteiger charge is 2.33. The molecule has 7 heteroatoms. The summed E-state index contributed by atoms with van der Waals surface area (Å²) >= 11 is 1.77. The zero-order valence-electron chi connectivity index (χ0n) is 13.8. The third kappa shape index (κ3) is 2.56. The number of aromatic nitrogens is 3. The number of nitrogens with zero attached hydrogens (tertiary/aromatic N) is 5. The molecule has 5 rings (SSSR count). The van der Waals surface area contributed by atoms with Gasteiger partial charge in [0, 0.05) is 32.5 Å². The monoisotopic (exact) mass is 343 g/mol. The topological polar surface area (TPSA) is 54.4 Å². The van der Waals surface area contributed by atoms with E-state index in [1.807, 2.05) is 0 Å². The Hall–Kier alpha value is -1.73. The van der Waals surface area contributed by atoms with E-state index in [-0.39, 0.29) is 0 Å². The maximum Gasteiger partial charge on any atom is 0.185 e. The van der Waals surface area contributed by atoms with Crippen molar-refractivity contribution in [2.75, 3.05) is 36.5 Å². The molecule has 0 radical (unpaired) electrons. The number of hydrogen-bond donors (Lipinski definition) is 0. The fraction of sp³-hybridized carbons (Fsp3) is 0.588. The van der Waals surface area contributed by atoms with E-state index >= 15 is 0 Å². The lowest BCUT2D eigenvalue weighted by molar-refractivity contribution is 0.112.